The third-order valence-electron chi connectivity index (χ3n) is 3.39. The summed E-state index contributed by atoms with van der Waals surface area (Å²) in [6.07, 6.45) is 1.49. The number of nitrogens with one attached hydrogen (secondary N) is 1. The topological polar surface area (TPSA) is 58.4 Å². The van der Waals surface area contributed by atoms with Crippen molar-refractivity contribution in [1.82, 2.24) is 5.32 Å². The highest BCUT2D eigenvalue weighted by molar-refractivity contribution is 6.00. The standard InChI is InChI=1S/C15H23N3O/c1-15(2,16)10-17-7-6-11-4-5-13-12(8-11)9-14(19)18(13)3/h4-5,8,17H,6-7,9-10,16H2,1-3H3. The largest absolute Gasteiger partial charge is 0.324 e. The van der Waals surface area contributed by atoms with Gasteiger partial charge in [-0.2, -0.15) is 0 Å². The van der Waals surface area contributed by atoms with Crippen LogP contribution in [0.25, 0.3) is 0 Å². The number of nitrogens with two attached hydrogens (primary N) is 1. The number of carbonyl (C=O) groups is 1. The second kappa shape index (κ2) is 5.31. The number of hydrogen-bond donors (Lipinski definition) is 2. The van der Waals surface area contributed by atoms with Crippen LogP contribution in [0.15, 0.2) is 18.2 Å². The van der Waals surface area contributed by atoms with Crippen LogP contribution in [0, 0.1) is 0 Å². The zero-order chi connectivity index (χ0) is 14.0. The van der Waals surface area contributed by atoms with Gasteiger partial charge >= 0.3 is 0 Å². The first-order valence-corrected chi connectivity index (χ1v) is 6.75. The SMILES string of the molecule is CN1C(=O)Cc2cc(CCNCC(C)(C)N)ccc21. The fourth-order valence-corrected chi connectivity index (χ4v) is 2.32. The summed E-state index contributed by atoms with van der Waals surface area (Å²) in [4.78, 5) is 13.3. The van der Waals surface area contributed by atoms with Crippen LogP contribution in [0.4, 0.5) is 5.69 Å². The summed E-state index contributed by atoms with van der Waals surface area (Å²) in [5, 5.41) is 3.36. The van der Waals surface area contributed by atoms with Gasteiger partial charge in [-0.25, -0.2) is 0 Å². The molecule has 4 heteroatoms. The van der Waals surface area contributed by atoms with Crippen LogP contribution in [-0.2, 0) is 17.6 Å². The Bertz CT molecular complexity index is 477. The van der Waals surface area contributed by atoms with E-state index in [9.17, 15) is 4.79 Å². The first-order valence-electron chi connectivity index (χ1n) is 6.75. The molecule has 1 aliphatic heterocycles. The van der Waals surface area contributed by atoms with E-state index < -0.39 is 0 Å². The van der Waals surface area contributed by atoms with Crippen LogP contribution in [0.5, 0.6) is 0 Å². The Kier molecular flexibility index (Phi) is 3.92. The van der Waals surface area contributed by atoms with Crippen molar-refractivity contribution in [2.24, 2.45) is 5.73 Å². The average molecular weight is 261 g/mol. The molecule has 0 aromatic heterocycles. The van der Waals surface area contributed by atoms with E-state index in [0.717, 1.165) is 30.8 Å². The maximum atomic E-state index is 11.6. The smallest absolute Gasteiger partial charge is 0.231 e. The van der Waals surface area contributed by atoms with Crippen molar-refractivity contribution in [2.75, 3.05) is 25.0 Å². The number of nitrogens with zero attached hydrogens (tertiary/aromatic N) is 1. The van der Waals surface area contributed by atoms with E-state index >= 15 is 0 Å². The van der Waals surface area contributed by atoms with E-state index in [1.165, 1.54) is 5.56 Å². The average Bonchev–Trinajstić information content (AvgIpc) is 2.59. The summed E-state index contributed by atoms with van der Waals surface area (Å²) >= 11 is 0. The lowest BCUT2D eigenvalue weighted by atomic mass is 10.1. The molecule has 1 amide bonds. The van der Waals surface area contributed by atoms with Gasteiger partial charge in [-0.15, -0.1) is 0 Å². The fourth-order valence-electron chi connectivity index (χ4n) is 2.32. The predicted octanol–water partition coefficient (Wildman–Crippen LogP) is 1.07. The molecule has 0 saturated carbocycles. The molecule has 1 aliphatic rings. The molecule has 1 aromatic rings. The molecule has 1 aromatic carbocycles. The lowest BCUT2D eigenvalue weighted by Crippen LogP contribution is -2.43. The van der Waals surface area contributed by atoms with Gasteiger partial charge in [0.15, 0.2) is 0 Å². The molecule has 104 valence electrons. The van der Waals surface area contributed by atoms with Gasteiger partial charge in [0.1, 0.15) is 0 Å². The molecular formula is C15H23N3O. The molecule has 0 aliphatic carbocycles. The van der Waals surface area contributed by atoms with Crippen LogP contribution in [0.1, 0.15) is 25.0 Å². The van der Waals surface area contributed by atoms with E-state index in [-0.39, 0.29) is 11.4 Å². The predicted molar refractivity (Wildman–Crippen MR) is 78.4 cm³/mol. The Morgan fingerprint density at radius 1 is 1.42 bits per heavy atom. The highest BCUT2D eigenvalue weighted by Crippen LogP contribution is 2.28. The highest BCUT2D eigenvalue weighted by atomic mass is 16.2. The van der Waals surface area contributed by atoms with Gasteiger partial charge in [0.2, 0.25) is 5.91 Å². The minimum atomic E-state index is -0.174. The Labute approximate surface area is 115 Å². The van der Waals surface area contributed by atoms with Crippen molar-refractivity contribution in [1.29, 1.82) is 0 Å². The van der Waals surface area contributed by atoms with Crippen LogP contribution < -0.4 is 16.0 Å². The lowest BCUT2D eigenvalue weighted by Gasteiger charge is -2.19. The number of amides is 1. The van der Waals surface area contributed by atoms with Crippen LogP contribution in [0.3, 0.4) is 0 Å². The molecule has 19 heavy (non-hydrogen) atoms. The molecular weight excluding hydrogens is 238 g/mol. The third kappa shape index (κ3) is 3.55. The minimum Gasteiger partial charge on any atom is -0.324 e. The van der Waals surface area contributed by atoms with E-state index in [0.29, 0.717) is 6.42 Å². The molecule has 0 unspecified atom stereocenters. The number of likely N-dealkylation sites (N-methyl/N-ethyl adjacent to an activating group) is 1. The second-order valence-corrected chi connectivity index (χ2v) is 6.01. The number of benzene rings is 1. The monoisotopic (exact) mass is 261 g/mol. The molecule has 0 saturated heterocycles. The fraction of sp³-hybridized carbons (Fsp3) is 0.533. The number of anilines is 1. The highest BCUT2D eigenvalue weighted by Gasteiger charge is 2.23. The first-order chi connectivity index (χ1) is 8.87. The van der Waals surface area contributed by atoms with E-state index in [4.69, 9.17) is 5.73 Å². The van der Waals surface area contributed by atoms with Gasteiger partial charge in [0, 0.05) is 24.8 Å². The first kappa shape index (κ1) is 14.0. The van der Waals surface area contributed by atoms with Gasteiger partial charge in [-0.3, -0.25) is 4.79 Å². The molecule has 1 heterocycles. The number of carbonyl (C=O) groups excluding carboxylic acids is 1. The zero-order valence-electron chi connectivity index (χ0n) is 12.0. The van der Waals surface area contributed by atoms with Crippen molar-refractivity contribution in [3.05, 3.63) is 29.3 Å². The Morgan fingerprint density at radius 3 is 2.84 bits per heavy atom. The Balaban J connectivity index is 1.90. The molecule has 0 bridgehead atoms. The second-order valence-electron chi connectivity index (χ2n) is 6.01. The summed E-state index contributed by atoms with van der Waals surface area (Å²) in [6, 6.07) is 6.29. The van der Waals surface area contributed by atoms with E-state index in [1.807, 2.05) is 27.0 Å². The molecule has 2 rings (SSSR count). The molecule has 0 fully saturated rings. The molecule has 0 radical (unpaired) electrons. The van der Waals surface area contributed by atoms with Crippen molar-refractivity contribution in [3.8, 4) is 0 Å². The van der Waals surface area contributed by atoms with Crippen molar-refractivity contribution in [2.45, 2.75) is 32.2 Å². The molecule has 4 nitrogen and oxygen atoms in total. The van der Waals surface area contributed by atoms with Gasteiger partial charge in [0.25, 0.3) is 0 Å². The summed E-state index contributed by atoms with van der Waals surface area (Å²) in [6.45, 7) is 5.73. The third-order valence-corrected chi connectivity index (χ3v) is 3.39. The van der Waals surface area contributed by atoms with Crippen LogP contribution in [-0.4, -0.2) is 31.6 Å². The van der Waals surface area contributed by atoms with Gasteiger partial charge < -0.3 is 16.0 Å². The number of hydrogen-bond acceptors (Lipinski definition) is 3. The summed E-state index contributed by atoms with van der Waals surface area (Å²) in [5.74, 6) is 0.176. The Morgan fingerprint density at radius 2 is 2.16 bits per heavy atom. The van der Waals surface area contributed by atoms with Crippen molar-refractivity contribution >= 4 is 11.6 Å². The summed E-state index contributed by atoms with van der Waals surface area (Å²) in [5.41, 5.74) is 9.20. The maximum Gasteiger partial charge on any atom is 0.231 e. The minimum absolute atomic E-state index is 0.174. The molecule has 0 atom stereocenters. The summed E-state index contributed by atoms with van der Waals surface area (Å²) in [7, 11) is 1.83. The van der Waals surface area contributed by atoms with Gasteiger partial charge in [-0.1, -0.05) is 12.1 Å². The molecule has 0 spiro atoms. The Hall–Kier alpha value is -1.39. The number of rotatable bonds is 5. The number of fused-ring (bicyclic) bond motifs is 1. The van der Waals surface area contributed by atoms with Gasteiger partial charge in [0.05, 0.1) is 6.42 Å². The zero-order valence-corrected chi connectivity index (χ0v) is 12.0. The summed E-state index contributed by atoms with van der Waals surface area (Å²) < 4.78 is 0. The quantitative estimate of drug-likeness (QED) is 0.780. The lowest BCUT2D eigenvalue weighted by molar-refractivity contribution is -0.117. The van der Waals surface area contributed by atoms with E-state index in [1.54, 1.807) is 4.90 Å². The van der Waals surface area contributed by atoms with Crippen LogP contribution >= 0.6 is 0 Å². The van der Waals surface area contributed by atoms with Crippen molar-refractivity contribution in [3.63, 3.8) is 0 Å². The van der Waals surface area contributed by atoms with Crippen molar-refractivity contribution < 1.29 is 4.79 Å². The van der Waals surface area contributed by atoms with E-state index in [2.05, 4.69) is 17.4 Å². The van der Waals surface area contributed by atoms with Gasteiger partial charge in [-0.05, 0) is 44.0 Å². The maximum absolute atomic E-state index is 11.6. The van der Waals surface area contributed by atoms with Crippen LogP contribution in [0.2, 0.25) is 0 Å². The molecule has 3 N–H and O–H groups in total. The normalized spacial score (nSPS) is 14.9.